The summed E-state index contributed by atoms with van der Waals surface area (Å²) >= 11 is 0. The third kappa shape index (κ3) is 6.06. The molecule has 2 fully saturated rings. The molecular weight excluding hydrogens is 970 g/mol. The molecule has 2 aliphatic carbocycles. The molecule has 5 aliphatic heterocycles. The number of furan rings is 1. The van der Waals surface area contributed by atoms with E-state index in [4.69, 9.17) is 4.42 Å². The summed E-state index contributed by atoms with van der Waals surface area (Å²) in [5, 5.41) is 2.49. The molecule has 0 spiro atoms. The lowest BCUT2D eigenvalue weighted by molar-refractivity contribution is 0.0906. The number of nitrogens with zero attached hydrogens (tertiary/aromatic N) is 3. The molecule has 5 heteroatoms. The zero-order chi connectivity index (χ0) is 56.0. The highest BCUT2D eigenvalue weighted by molar-refractivity contribution is 7.02. The third-order valence-corrected chi connectivity index (χ3v) is 23.1. The molecule has 408 valence electrons. The predicted octanol–water partition coefficient (Wildman–Crippen LogP) is 18.6. The Kier molecular flexibility index (Phi) is 9.94. The van der Waals surface area contributed by atoms with Crippen LogP contribution in [0.1, 0.15) is 196 Å². The van der Waals surface area contributed by atoms with Crippen LogP contribution in [0.2, 0.25) is 0 Å². The molecule has 0 saturated heterocycles. The van der Waals surface area contributed by atoms with Gasteiger partial charge in [0, 0.05) is 66.7 Å². The van der Waals surface area contributed by atoms with Crippen molar-refractivity contribution >= 4 is 84.9 Å². The Balaban J connectivity index is 1.15. The molecule has 4 bridgehead atoms. The highest BCUT2D eigenvalue weighted by atomic mass is 16.3. The Morgan fingerprint density at radius 2 is 1.06 bits per heavy atom. The van der Waals surface area contributed by atoms with E-state index in [9.17, 15) is 0 Å². The van der Waals surface area contributed by atoms with Crippen molar-refractivity contribution in [3.8, 4) is 11.1 Å². The van der Waals surface area contributed by atoms with Crippen molar-refractivity contribution in [2.75, 3.05) is 14.7 Å². The van der Waals surface area contributed by atoms with Crippen molar-refractivity contribution < 1.29 is 4.42 Å². The van der Waals surface area contributed by atoms with Crippen molar-refractivity contribution in [1.82, 2.24) is 0 Å². The lowest BCUT2D eigenvalue weighted by atomic mass is 9.32. The summed E-state index contributed by atoms with van der Waals surface area (Å²) in [5.41, 5.74) is 25.5. The number of hydrogen-bond donors (Lipinski definition) is 0. The van der Waals surface area contributed by atoms with Crippen LogP contribution in [0.15, 0.2) is 126 Å². The number of anilines is 7. The quantitative estimate of drug-likeness (QED) is 0.165. The van der Waals surface area contributed by atoms with Crippen LogP contribution in [-0.2, 0) is 27.1 Å². The van der Waals surface area contributed by atoms with Crippen LogP contribution < -0.4 is 31.1 Å². The molecule has 7 aromatic carbocycles. The summed E-state index contributed by atoms with van der Waals surface area (Å²) in [7, 11) is 0. The summed E-state index contributed by atoms with van der Waals surface area (Å²) in [6.45, 7) is 39.9. The zero-order valence-electron chi connectivity index (χ0n) is 51.0. The number of fused-ring (bicyclic) bond motifs is 9. The second kappa shape index (κ2) is 15.7. The Morgan fingerprint density at radius 3 is 1.73 bits per heavy atom. The Labute approximate surface area is 478 Å². The molecule has 1 aromatic heterocycles. The van der Waals surface area contributed by atoms with E-state index in [1.165, 1.54) is 138 Å². The maximum atomic E-state index is 7.20. The van der Waals surface area contributed by atoms with E-state index < -0.39 is 0 Å². The van der Waals surface area contributed by atoms with Crippen molar-refractivity contribution in [3.63, 3.8) is 0 Å². The van der Waals surface area contributed by atoms with Crippen LogP contribution in [0.4, 0.5) is 39.8 Å². The number of hydrogen-bond acceptors (Lipinski definition) is 4. The third-order valence-electron chi connectivity index (χ3n) is 23.1. The van der Waals surface area contributed by atoms with Gasteiger partial charge in [-0.2, -0.15) is 0 Å². The van der Waals surface area contributed by atoms with Gasteiger partial charge in [0.25, 0.3) is 6.71 Å². The van der Waals surface area contributed by atoms with Crippen LogP contribution in [0.25, 0.3) is 33.1 Å². The van der Waals surface area contributed by atoms with Gasteiger partial charge in [0.05, 0.1) is 16.8 Å². The lowest BCUT2D eigenvalue weighted by Crippen LogP contribution is -2.65. The Hall–Kier alpha value is -6.20. The average Bonchev–Trinajstić information content (AvgIpc) is 4.08. The standard InChI is InChI=1S/C75H84BN3O/c1-67(2,3)46-26-29-56(51(38-46)45-24-18-17-19-25-45)77-58-31-33-62-63-52-39-48(28-32-61(52)80-62)75(69(7,8)9,70(10,11)12)49-41-54-66-55(42-49)76(65(58)63)64-59(77)43-50(44-60(64)79(66)74(16)37-23-21-35-72(54,74)14)78-57-30-27-47(68(4,5)6)40-53(57)71(13)34-20-22-36-73(71,78)15/h17-19,24-33,38-44H,20-23,34-37H2,1-16H3. The van der Waals surface area contributed by atoms with Crippen molar-refractivity contribution in [2.45, 2.75) is 200 Å². The molecule has 6 heterocycles. The smallest absolute Gasteiger partial charge is 0.253 e. The van der Waals surface area contributed by atoms with Gasteiger partial charge >= 0.3 is 0 Å². The molecule has 8 aromatic rings. The Bertz CT molecular complexity index is 3990. The molecule has 15 rings (SSSR count). The molecule has 0 N–H and O–H groups in total. The number of benzene rings is 7. The Morgan fingerprint density at radius 1 is 0.475 bits per heavy atom. The van der Waals surface area contributed by atoms with E-state index in [0.29, 0.717) is 0 Å². The highest BCUT2D eigenvalue weighted by Gasteiger charge is 2.65. The van der Waals surface area contributed by atoms with Gasteiger partial charge in [0.2, 0.25) is 0 Å². The van der Waals surface area contributed by atoms with Crippen molar-refractivity contribution in [3.05, 3.63) is 155 Å². The van der Waals surface area contributed by atoms with Crippen LogP contribution in [0.5, 0.6) is 0 Å². The summed E-state index contributed by atoms with van der Waals surface area (Å²) in [4.78, 5) is 8.64. The first-order valence-electron chi connectivity index (χ1n) is 30.8. The van der Waals surface area contributed by atoms with Crippen molar-refractivity contribution in [2.24, 2.45) is 10.8 Å². The molecule has 0 amide bonds. The zero-order valence-corrected chi connectivity index (χ0v) is 51.0. The maximum absolute atomic E-state index is 7.20. The van der Waals surface area contributed by atoms with E-state index >= 15 is 0 Å². The van der Waals surface area contributed by atoms with E-state index in [0.717, 1.165) is 30.4 Å². The summed E-state index contributed by atoms with van der Waals surface area (Å²) in [5.74, 6) is 0. The van der Waals surface area contributed by atoms with Gasteiger partial charge in [0.1, 0.15) is 11.2 Å². The van der Waals surface area contributed by atoms with Gasteiger partial charge in [0.15, 0.2) is 0 Å². The monoisotopic (exact) mass is 1050 g/mol. The minimum absolute atomic E-state index is 0.0298. The van der Waals surface area contributed by atoms with E-state index in [-0.39, 0.29) is 55.7 Å². The second-order valence-corrected chi connectivity index (χ2v) is 31.2. The average molecular weight is 1050 g/mol. The summed E-state index contributed by atoms with van der Waals surface area (Å²) < 4.78 is 7.20. The molecule has 4 unspecified atom stereocenters. The van der Waals surface area contributed by atoms with Gasteiger partial charge in [-0.15, -0.1) is 0 Å². The molecule has 80 heavy (non-hydrogen) atoms. The van der Waals surface area contributed by atoms with Gasteiger partial charge in [-0.1, -0.05) is 189 Å². The van der Waals surface area contributed by atoms with Crippen LogP contribution in [0, 0.1) is 10.8 Å². The topological polar surface area (TPSA) is 22.9 Å². The summed E-state index contributed by atoms with van der Waals surface area (Å²) in [6.07, 6.45) is 9.57. The molecule has 7 aliphatic rings. The largest absolute Gasteiger partial charge is 0.456 e. The van der Waals surface area contributed by atoms with Crippen LogP contribution in [0.3, 0.4) is 0 Å². The first-order chi connectivity index (χ1) is 37.7. The summed E-state index contributed by atoms with van der Waals surface area (Å²) in [6, 6.07) is 49.4. The molecule has 4 atom stereocenters. The van der Waals surface area contributed by atoms with E-state index in [1.54, 1.807) is 5.56 Å². The van der Waals surface area contributed by atoms with Gasteiger partial charge in [-0.05, 0) is 171 Å². The normalized spacial score (nSPS) is 25.1. The van der Waals surface area contributed by atoms with Crippen LogP contribution >= 0.6 is 0 Å². The van der Waals surface area contributed by atoms with Gasteiger partial charge < -0.3 is 19.1 Å². The van der Waals surface area contributed by atoms with Gasteiger partial charge in [-0.3, -0.25) is 0 Å². The van der Waals surface area contributed by atoms with Gasteiger partial charge in [-0.25, -0.2) is 0 Å². The predicted molar refractivity (Wildman–Crippen MR) is 341 cm³/mol. The fourth-order valence-electron chi connectivity index (χ4n) is 19.2. The molecular formula is C75H84BN3O. The fraction of sp³-hybridized carbons (Fsp3) is 0.440. The minimum Gasteiger partial charge on any atom is -0.456 e. The first-order valence-corrected chi connectivity index (χ1v) is 30.8. The van der Waals surface area contributed by atoms with E-state index in [2.05, 4.69) is 247 Å². The molecule has 2 saturated carbocycles. The fourth-order valence-corrected chi connectivity index (χ4v) is 19.2. The molecule has 4 nitrogen and oxygen atoms in total. The maximum Gasteiger partial charge on any atom is 0.253 e. The molecule has 0 radical (unpaired) electrons. The van der Waals surface area contributed by atoms with E-state index in [1.807, 2.05) is 0 Å². The number of rotatable bonds is 3. The SMILES string of the molecule is CC(C)(C)c1ccc(N2c3cc(N4c5ccc(C(C)(C)C)cc5C5(C)CCCCC45C)cc4c3B3c5cc(cc6c5N4C4(C)CCCCC64C)C(C(C)(C)C)(C(C)(C)C)c4ccc5oc6ccc2c3c6c5c4)c(-c2ccccc2)c1. The minimum atomic E-state index is -0.363. The lowest BCUT2D eigenvalue weighted by Gasteiger charge is -2.55. The first kappa shape index (κ1) is 50.7. The van der Waals surface area contributed by atoms with Crippen LogP contribution in [-0.4, -0.2) is 17.8 Å². The highest BCUT2D eigenvalue weighted by Crippen LogP contribution is 2.67. The van der Waals surface area contributed by atoms with Crippen molar-refractivity contribution in [1.29, 1.82) is 0 Å². The second-order valence-electron chi connectivity index (χ2n) is 31.2.